The van der Waals surface area contributed by atoms with E-state index in [1.165, 1.54) is 18.5 Å². The van der Waals surface area contributed by atoms with E-state index in [2.05, 4.69) is 15.0 Å². The molecule has 0 aliphatic rings. The molecule has 0 amide bonds. The van der Waals surface area contributed by atoms with Crippen LogP contribution >= 0.6 is 0 Å². The first-order chi connectivity index (χ1) is 8.32. The lowest BCUT2D eigenvalue weighted by Crippen LogP contribution is -2.17. The molecule has 1 aromatic heterocycles. The summed E-state index contributed by atoms with van der Waals surface area (Å²) in [5.41, 5.74) is -0.949. The summed E-state index contributed by atoms with van der Waals surface area (Å²) >= 11 is 0. The van der Waals surface area contributed by atoms with Crippen LogP contribution in [0, 0.1) is 0 Å². The van der Waals surface area contributed by atoms with Gasteiger partial charge in [-0.3, -0.25) is 4.79 Å². The number of rotatable bonds is 3. The van der Waals surface area contributed by atoms with Crippen molar-refractivity contribution in [3.63, 3.8) is 0 Å². The Morgan fingerprint density at radius 3 is 2.39 bits per heavy atom. The first-order valence-corrected chi connectivity index (χ1v) is 4.65. The molecule has 96 valence electrons. The number of hydrogen-bond acceptors (Lipinski definition) is 5. The second kappa shape index (κ2) is 5.39. The number of aliphatic hydroxyl groups is 1. The number of alkyl halides is 3. The Balaban J connectivity index is 3.10. The average molecular weight is 259 g/mol. The third-order valence-corrected chi connectivity index (χ3v) is 1.76. The number of aromatic nitrogens is 2. The maximum Gasteiger partial charge on any atom is 0.449 e. The molecule has 1 aromatic rings. The summed E-state index contributed by atoms with van der Waals surface area (Å²) in [5.74, 6) is -3.08. The summed E-state index contributed by atoms with van der Waals surface area (Å²) in [5, 5.41) is 8.90. The highest BCUT2D eigenvalue weighted by Crippen LogP contribution is 2.25. The molecule has 0 aliphatic heterocycles. The molecule has 0 spiro atoms. The SMILES string of the molecule is CC(=O)C(/C=N/c1ncccn1)=C(/O)C(F)(F)F. The van der Waals surface area contributed by atoms with Crippen molar-refractivity contribution in [1.82, 2.24) is 9.97 Å². The Hall–Kier alpha value is -2.25. The van der Waals surface area contributed by atoms with E-state index < -0.39 is 23.3 Å². The van der Waals surface area contributed by atoms with Gasteiger partial charge in [0.25, 0.3) is 0 Å². The van der Waals surface area contributed by atoms with E-state index in [0.717, 1.165) is 6.92 Å². The van der Waals surface area contributed by atoms with E-state index >= 15 is 0 Å². The second-order valence-corrected chi connectivity index (χ2v) is 3.12. The molecule has 0 unspecified atom stereocenters. The smallest absolute Gasteiger partial charge is 0.449 e. The molecule has 0 saturated heterocycles. The largest absolute Gasteiger partial charge is 0.504 e. The van der Waals surface area contributed by atoms with Gasteiger partial charge in [0.15, 0.2) is 5.78 Å². The van der Waals surface area contributed by atoms with Gasteiger partial charge in [0, 0.05) is 18.6 Å². The molecular formula is C10H8F3N3O2. The van der Waals surface area contributed by atoms with Crippen LogP contribution in [-0.2, 0) is 4.79 Å². The van der Waals surface area contributed by atoms with Gasteiger partial charge in [0.05, 0.1) is 5.57 Å². The van der Waals surface area contributed by atoms with Crippen LogP contribution in [0.5, 0.6) is 0 Å². The molecule has 5 nitrogen and oxygen atoms in total. The zero-order valence-electron chi connectivity index (χ0n) is 9.14. The molecule has 0 bridgehead atoms. The average Bonchev–Trinajstić information content (AvgIpc) is 2.28. The molecule has 18 heavy (non-hydrogen) atoms. The zero-order valence-corrected chi connectivity index (χ0v) is 9.14. The van der Waals surface area contributed by atoms with Crippen LogP contribution in [0.3, 0.4) is 0 Å². The number of Topliss-reactive ketones (excluding diaryl/α,β-unsaturated/α-hetero) is 1. The molecule has 1 rings (SSSR count). The minimum absolute atomic E-state index is 0.119. The van der Waals surface area contributed by atoms with Gasteiger partial charge in [-0.15, -0.1) is 0 Å². The molecule has 0 fully saturated rings. The zero-order chi connectivity index (χ0) is 13.8. The fraction of sp³-hybridized carbons (Fsp3) is 0.200. The number of carbonyl (C=O) groups excluding carboxylic acids is 1. The van der Waals surface area contributed by atoms with E-state index in [1.807, 2.05) is 0 Å². The Kier molecular flexibility index (Phi) is 4.13. The summed E-state index contributed by atoms with van der Waals surface area (Å²) in [6.07, 6.45) is -1.76. The number of allylic oxidation sites excluding steroid dienone is 2. The minimum Gasteiger partial charge on any atom is -0.504 e. The number of halogens is 3. The molecule has 8 heteroatoms. The van der Waals surface area contributed by atoms with Gasteiger partial charge >= 0.3 is 6.18 Å². The van der Waals surface area contributed by atoms with Crippen molar-refractivity contribution in [2.24, 2.45) is 4.99 Å². The van der Waals surface area contributed by atoms with Crippen LogP contribution in [0.2, 0.25) is 0 Å². The molecule has 0 atom stereocenters. The first kappa shape index (κ1) is 13.8. The predicted molar refractivity (Wildman–Crippen MR) is 56.6 cm³/mol. The first-order valence-electron chi connectivity index (χ1n) is 4.65. The lowest BCUT2D eigenvalue weighted by molar-refractivity contribution is -0.125. The van der Waals surface area contributed by atoms with Crippen molar-refractivity contribution < 1.29 is 23.1 Å². The minimum atomic E-state index is -5.01. The van der Waals surface area contributed by atoms with E-state index in [-0.39, 0.29) is 5.95 Å². The third-order valence-electron chi connectivity index (χ3n) is 1.76. The summed E-state index contributed by atoms with van der Waals surface area (Å²) < 4.78 is 36.7. The summed E-state index contributed by atoms with van der Waals surface area (Å²) in [7, 11) is 0. The van der Waals surface area contributed by atoms with Crippen molar-refractivity contribution in [3.8, 4) is 0 Å². The van der Waals surface area contributed by atoms with Crippen LogP contribution in [-0.4, -0.2) is 33.2 Å². The van der Waals surface area contributed by atoms with E-state index in [1.54, 1.807) is 0 Å². The molecule has 0 aliphatic carbocycles. The number of ketones is 1. The van der Waals surface area contributed by atoms with Gasteiger partial charge in [-0.25, -0.2) is 15.0 Å². The monoisotopic (exact) mass is 259 g/mol. The van der Waals surface area contributed by atoms with Crippen LogP contribution in [0.25, 0.3) is 0 Å². The maximum atomic E-state index is 12.2. The molecule has 0 saturated carbocycles. The lowest BCUT2D eigenvalue weighted by Gasteiger charge is -2.07. The van der Waals surface area contributed by atoms with Crippen LogP contribution in [0.15, 0.2) is 34.8 Å². The molecular weight excluding hydrogens is 251 g/mol. The Morgan fingerprint density at radius 1 is 1.39 bits per heavy atom. The van der Waals surface area contributed by atoms with Gasteiger partial charge in [-0.1, -0.05) is 0 Å². The fourth-order valence-corrected chi connectivity index (χ4v) is 0.952. The highest BCUT2D eigenvalue weighted by Gasteiger charge is 2.37. The maximum absolute atomic E-state index is 12.2. The number of aliphatic hydroxyl groups excluding tert-OH is 1. The van der Waals surface area contributed by atoms with Gasteiger partial charge in [-0.2, -0.15) is 13.2 Å². The topological polar surface area (TPSA) is 75.4 Å². The molecule has 0 aromatic carbocycles. The second-order valence-electron chi connectivity index (χ2n) is 3.12. The van der Waals surface area contributed by atoms with Crippen molar-refractivity contribution in [3.05, 3.63) is 29.8 Å². The van der Waals surface area contributed by atoms with E-state index in [0.29, 0.717) is 6.21 Å². The molecule has 0 radical (unpaired) electrons. The van der Waals surface area contributed by atoms with Crippen molar-refractivity contribution >= 4 is 17.9 Å². The Morgan fingerprint density at radius 2 is 1.94 bits per heavy atom. The number of hydrogen-bond donors (Lipinski definition) is 1. The highest BCUT2D eigenvalue weighted by atomic mass is 19.4. The quantitative estimate of drug-likeness (QED) is 0.512. The molecule has 1 N–H and O–H groups in total. The number of nitrogens with zero attached hydrogens (tertiary/aromatic N) is 3. The normalized spacial score (nSPS) is 13.6. The van der Waals surface area contributed by atoms with Gasteiger partial charge in [0.2, 0.25) is 11.7 Å². The van der Waals surface area contributed by atoms with Gasteiger partial charge in [0.1, 0.15) is 0 Å². The van der Waals surface area contributed by atoms with Crippen molar-refractivity contribution in [2.45, 2.75) is 13.1 Å². The van der Waals surface area contributed by atoms with E-state index in [9.17, 15) is 18.0 Å². The van der Waals surface area contributed by atoms with Crippen molar-refractivity contribution in [1.29, 1.82) is 0 Å². The Bertz CT molecular complexity index is 495. The summed E-state index contributed by atoms with van der Waals surface area (Å²) in [4.78, 5) is 21.7. The summed E-state index contributed by atoms with van der Waals surface area (Å²) in [6, 6.07) is 1.49. The lowest BCUT2D eigenvalue weighted by atomic mass is 10.1. The van der Waals surface area contributed by atoms with Gasteiger partial charge in [-0.05, 0) is 13.0 Å². The number of carbonyl (C=O) groups is 1. The van der Waals surface area contributed by atoms with Crippen LogP contribution < -0.4 is 0 Å². The summed E-state index contributed by atoms with van der Waals surface area (Å²) in [6.45, 7) is 0.884. The Labute approximate surface area is 99.7 Å². The predicted octanol–water partition coefficient (Wildman–Crippen LogP) is 2.14. The highest BCUT2D eigenvalue weighted by molar-refractivity contribution is 6.13. The van der Waals surface area contributed by atoms with Crippen LogP contribution in [0.4, 0.5) is 19.1 Å². The van der Waals surface area contributed by atoms with Crippen LogP contribution in [0.1, 0.15) is 6.92 Å². The fourth-order valence-electron chi connectivity index (χ4n) is 0.952. The van der Waals surface area contributed by atoms with Crippen molar-refractivity contribution in [2.75, 3.05) is 0 Å². The van der Waals surface area contributed by atoms with Gasteiger partial charge < -0.3 is 5.11 Å². The third kappa shape index (κ3) is 3.65. The molecule has 1 heterocycles. The number of aliphatic imine (C=N–C) groups is 1. The van der Waals surface area contributed by atoms with E-state index in [4.69, 9.17) is 5.11 Å². The standard InChI is InChI=1S/C10H8F3N3O2/c1-6(17)7(8(18)10(11,12)13)5-16-9-14-3-2-4-15-9/h2-5,18H,1H3/b8-7+,16-5+.